The number of methoxy groups -OCH3 is 2. The van der Waals surface area contributed by atoms with Crippen molar-refractivity contribution in [1.29, 1.82) is 0 Å². The van der Waals surface area contributed by atoms with Crippen molar-refractivity contribution in [3.05, 3.63) is 94.4 Å². The summed E-state index contributed by atoms with van der Waals surface area (Å²) in [6.45, 7) is 0.0135. The highest BCUT2D eigenvalue weighted by molar-refractivity contribution is 6.02. The normalized spacial score (nSPS) is 10.6. The highest BCUT2D eigenvalue weighted by atomic mass is 16.5. The van der Waals surface area contributed by atoms with Crippen LogP contribution in [0.25, 0.3) is 16.5 Å². The molecule has 0 aliphatic carbocycles. The van der Waals surface area contributed by atoms with Gasteiger partial charge in [-0.1, -0.05) is 42.5 Å². The van der Waals surface area contributed by atoms with Gasteiger partial charge in [0.15, 0.2) is 17.2 Å². The number of hydrogen-bond acceptors (Lipinski definition) is 6. The molecule has 0 N–H and O–H groups in total. The first kappa shape index (κ1) is 20.2. The SMILES string of the molecule is COc1ccc(COC(=O)c2nn(-c3ccccc3)c(=O)c3ccccc23)cc1OC. The number of nitrogens with zero attached hydrogens (tertiary/aromatic N) is 2. The predicted octanol–water partition coefficient (Wildman–Crippen LogP) is 3.76. The van der Waals surface area contributed by atoms with Crippen LogP contribution in [0.5, 0.6) is 11.5 Å². The van der Waals surface area contributed by atoms with E-state index in [1.54, 1.807) is 73.8 Å². The fraction of sp³-hybridized carbons (Fsp3) is 0.125. The van der Waals surface area contributed by atoms with Crippen molar-refractivity contribution in [2.24, 2.45) is 0 Å². The summed E-state index contributed by atoms with van der Waals surface area (Å²) in [4.78, 5) is 25.9. The fourth-order valence-electron chi connectivity index (χ4n) is 3.27. The van der Waals surface area contributed by atoms with Crippen molar-refractivity contribution in [3.63, 3.8) is 0 Å². The Morgan fingerprint density at radius 2 is 1.55 bits per heavy atom. The molecule has 0 bridgehead atoms. The number of carbonyl (C=O) groups is 1. The number of rotatable bonds is 6. The third-order valence-electron chi connectivity index (χ3n) is 4.82. The molecule has 0 aliphatic rings. The van der Waals surface area contributed by atoms with E-state index in [1.165, 1.54) is 11.8 Å². The molecule has 0 atom stereocenters. The molecule has 0 saturated heterocycles. The van der Waals surface area contributed by atoms with Gasteiger partial charge in [-0.15, -0.1) is 0 Å². The highest BCUT2D eigenvalue weighted by Crippen LogP contribution is 2.28. The molecule has 0 spiro atoms. The topological polar surface area (TPSA) is 79.7 Å². The van der Waals surface area contributed by atoms with Crippen LogP contribution in [0.4, 0.5) is 0 Å². The van der Waals surface area contributed by atoms with Crippen molar-refractivity contribution in [3.8, 4) is 17.2 Å². The van der Waals surface area contributed by atoms with E-state index >= 15 is 0 Å². The molecule has 0 amide bonds. The Labute approximate surface area is 178 Å². The Bertz CT molecular complexity index is 1300. The van der Waals surface area contributed by atoms with E-state index in [0.717, 1.165) is 5.56 Å². The second-order valence-corrected chi connectivity index (χ2v) is 6.71. The predicted molar refractivity (Wildman–Crippen MR) is 116 cm³/mol. The van der Waals surface area contributed by atoms with Gasteiger partial charge < -0.3 is 14.2 Å². The summed E-state index contributed by atoms with van der Waals surface area (Å²) >= 11 is 0. The second kappa shape index (κ2) is 8.71. The first-order valence-corrected chi connectivity index (χ1v) is 9.58. The second-order valence-electron chi connectivity index (χ2n) is 6.71. The van der Waals surface area contributed by atoms with E-state index in [9.17, 15) is 9.59 Å². The molecule has 0 radical (unpaired) electrons. The van der Waals surface area contributed by atoms with Crippen molar-refractivity contribution in [1.82, 2.24) is 9.78 Å². The smallest absolute Gasteiger partial charge is 0.359 e. The lowest BCUT2D eigenvalue weighted by atomic mass is 10.1. The van der Waals surface area contributed by atoms with E-state index in [2.05, 4.69) is 5.10 Å². The number of aromatic nitrogens is 2. The molecule has 4 rings (SSSR count). The van der Waals surface area contributed by atoms with Gasteiger partial charge in [0.05, 0.1) is 25.3 Å². The van der Waals surface area contributed by atoms with Gasteiger partial charge in [-0.25, -0.2) is 4.79 Å². The van der Waals surface area contributed by atoms with Crippen LogP contribution in [0.1, 0.15) is 16.1 Å². The van der Waals surface area contributed by atoms with E-state index < -0.39 is 5.97 Å². The van der Waals surface area contributed by atoms with Gasteiger partial charge >= 0.3 is 5.97 Å². The quantitative estimate of drug-likeness (QED) is 0.445. The third kappa shape index (κ3) is 3.98. The molecular weight excluding hydrogens is 396 g/mol. The molecule has 0 aliphatic heterocycles. The molecule has 31 heavy (non-hydrogen) atoms. The lowest BCUT2D eigenvalue weighted by molar-refractivity contribution is 0.0466. The summed E-state index contributed by atoms with van der Waals surface area (Å²) in [5.74, 6) is 0.494. The maximum Gasteiger partial charge on any atom is 0.359 e. The molecule has 1 aromatic heterocycles. The molecule has 7 heteroatoms. The van der Waals surface area contributed by atoms with Crippen molar-refractivity contribution in [2.45, 2.75) is 6.61 Å². The zero-order chi connectivity index (χ0) is 21.8. The Hall–Kier alpha value is -4.13. The number of esters is 1. The van der Waals surface area contributed by atoms with E-state index in [-0.39, 0.29) is 17.9 Å². The Morgan fingerprint density at radius 1 is 0.871 bits per heavy atom. The molecule has 0 saturated carbocycles. The van der Waals surface area contributed by atoms with Gasteiger partial charge in [-0.05, 0) is 35.9 Å². The molecule has 156 valence electrons. The van der Waals surface area contributed by atoms with Crippen LogP contribution in [0.3, 0.4) is 0 Å². The maximum absolute atomic E-state index is 12.9. The van der Waals surface area contributed by atoms with E-state index in [1.807, 2.05) is 6.07 Å². The van der Waals surface area contributed by atoms with E-state index in [0.29, 0.717) is 28.0 Å². The molecule has 1 heterocycles. The highest BCUT2D eigenvalue weighted by Gasteiger charge is 2.19. The molecular formula is C24H20N2O5. The number of ether oxygens (including phenoxy) is 3. The van der Waals surface area contributed by atoms with Gasteiger partial charge in [-0.3, -0.25) is 4.79 Å². The summed E-state index contributed by atoms with van der Waals surface area (Å²) in [6, 6.07) is 21.1. The number of benzene rings is 3. The van der Waals surface area contributed by atoms with Crippen LogP contribution < -0.4 is 15.0 Å². The summed E-state index contributed by atoms with van der Waals surface area (Å²) in [5.41, 5.74) is 1.05. The number of carbonyl (C=O) groups excluding carboxylic acids is 1. The lowest BCUT2D eigenvalue weighted by Gasteiger charge is -2.12. The van der Waals surface area contributed by atoms with Crippen LogP contribution in [-0.4, -0.2) is 30.0 Å². The largest absolute Gasteiger partial charge is 0.493 e. The molecule has 0 unspecified atom stereocenters. The summed E-state index contributed by atoms with van der Waals surface area (Å²) in [6.07, 6.45) is 0. The fourth-order valence-corrected chi connectivity index (χ4v) is 3.27. The zero-order valence-electron chi connectivity index (χ0n) is 17.1. The van der Waals surface area contributed by atoms with E-state index in [4.69, 9.17) is 14.2 Å². The van der Waals surface area contributed by atoms with Gasteiger partial charge in [0.2, 0.25) is 0 Å². The van der Waals surface area contributed by atoms with Crippen LogP contribution >= 0.6 is 0 Å². The third-order valence-corrected chi connectivity index (χ3v) is 4.82. The minimum Gasteiger partial charge on any atom is -0.493 e. The maximum atomic E-state index is 12.9. The molecule has 4 aromatic rings. The standard InChI is InChI=1S/C24H20N2O5/c1-29-20-13-12-16(14-21(20)30-2)15-31-24(28)22-18-10-6-7-11-19(18)23(27)26(25-22)17-8-4-3-5-9-17/h3-14H,15H2,1-2H3. The summed E-state index contributed by atoms with van der Waals surface area (Å²) in [7, 11) is 3.09. The summed E-state index contributed by atoms with van der Waals surface area (Å²) < 4.78 is 17.2. The van der Waals surface area contributed by atoms with Crippen LogP contribution in [0, 0.1) is 0 Å². The van der Waals surface area contributed by atoms with Crippen LogP contribution in [-0.2, 0) is 11.3 Å². The van der Waals surface area contributed by atoms with Crippen molar-refractivity contribution in [2.75, 3.05) is 14.2 Å². The monoisotopic (exact) mass is 416 g/mol. The zero-order valence-corrected chi connectivity index (χ0v) is 17.1. The Morgan fingerprint density at radius 3 is 2.26 bits per heavy atom. The van der Waals surface area contributed by atoms with Crippen molar-refractivity contribution < 1.29 is 19.0 Å². The Balaban J connectivity index is 1.70. The molecule has 7 nitrogen and oxygen atoms in total. The summed E-state index contributed by atoms with van der Waals surface area (Å²) in [5, 5.41) is 5.16. The average molecular weight is 416 g/mol. The number of fused-ring (bicyclic) bond motifs is 1. The van der Waals surface area contributed by atoms with Gasteiger partial charge in [0, 0.05) is 5.39 Å². The lowest BCUT2D eigenvalue weighted by Crippen LogP contribution is -2.25. The van der Waals surface area contributed by atoms with Crippen LogP contribution in [0.2, 0.25) is 0 Å². The minimum absolute atomic E-state index is 0.0135. The van der Waals surface area contributed by atoms with Crippen molar-refractivity contribution >= 4 is 16.7 Å². The first-order chi connectivity index (χ1) is 15.1. The first-order valence-electron chi connectivity index (χ1n) is 9.58. The molecule has 0 fully saturated rings. The number of hydrogen-bond donors (Lipinski definition) is 0. The van der Waals surface area contributed by atoms with Gasteiger partial charge in [0.25, 0.3) is 5.56 Å². The van der Waals surface area contributed by atoms with Gasteiger partial charge in [0.1, 0.15) is 6.61 Å². The van der Waals surface area contributed by atoms with Crippen LogP contribution in [0.15, 0.2) is 77.6 Å². The molecule has 3 aromatic carbocycles. The average Bonchev–Trinajstić information content (AvgIpc) is 2.83. The van der Waals surface area contributed by atoms with Gasteiger partial charge in [-0.2, -0.15) is 9.78 Å². The minimum atomic E-state index is -0.629. The number of para-hydroxylation sites is 1. The Kier molecular flexibility index (Phi) is 5.66.